The van der Waals surface area contributed by atoms with Gasteiger partial charge in [0.15, 0.2) is 11.5 Å². The summed E-state index contributed by atoms with van der Waals surface area (Å²) in [5.41, 5.74) is 3.83. The maximum Gasteiger partial charge on any atom is 0.275 e. The Labute approximate surface area is 139 Å². The van der Waals surface area contributed by atoms with Crippen LogP contribution in [0.1, 0.15) is 15.9 Å². The Bertz CT molecular complexity index is 799. The highest BCUT2D eigenvalue weighted by molar-refractivity contribution is 5.97. The van der Waals surface area contributed by atoms with Gasteiger partial charge in [0.25, 0.3) is 5.91 Å². The first-order valence-electron chi connectivity index (χ1n) is 7.30. The summed E-state index contributed by atoms with van der Waals surface area (Å²) >= 11 is 0. The van der Waals surface area contributed by atoms with E-state index in [1.807, 2.05) is 24.3 Å². The topological polar surface area (TPSA) is 69.2 Å². The smallest absolute Gasteiger partial charge is 0.275 e. The van der Waals surface area contributed by atoms with Gasteiger partial charge in [0.1, 0.15) is 5.75 Å². The number of carbonyl (C=O) groups excluding carboxylic acids is 1. The molecular formula is C18H16N2O4. The lowest BCUT2D eigenvalue weighted by Crippen LogP contribution is -2.18. The van der Waals surface area contributed by atoms with Crippen molar-refractivity contribution in [2.45, 2.75) is 0 Å². The Morgan fingerprint density at radius 2 is 2.04 bits per heavy atom. The highest BCUT2D eigenvalue weighted by Gasteiger charge is 2.12. The van der Waals surface area contributed by atoms with Crippen molar-refractivity contribution in [3.63, 3.8) is 0 Å². The Balaban J connectivity index is 1.57. The third-order valence-corrected chi connectivity index (χ3v) is 3.36. The van der Waals surface area contributed by atoms with Gasteiger partial charge >= 0.3 is 0 Å². The second-order valence-corrected chi connectivity index (χ2v) is 4.89. The van der Waals surface area contributed by atoms with Crippen LogP contribution >= 0.6 is 0 Å². The Morgan fingerprint density at radius 1 is 1.21 bits per heavy atom. The number of hydrogen-bond donors (Lipinski definition) is 1. The molecule has 2 aromatic carbocycles. The number of carbonyl (C=O) groups is 1. The number of allylic oxidation sites excluding steroid dienone is 1. The summed E-state index contributed by atoms with van der Waals surface area (Å²) in [6.45, 7) is 0.249. The molecule has 0 aliphatic carbocycles. The summed E-state index contributed by atoms with van der Waals surface area (Å²) in [7, 11) is 1.52. The minimum absolute atomic E-state index is 0.249. The fourth-order valence-corrected chi connectivity index (χ4v) is 2.20. The average molecular weight is 324 g/mol. The molecule has 2 aromatic rings. The zero-order valence-corrected chi connectivity index (χ0v) is 13.1. The van der Waals surface area contributed by atoms with Gasteiger partial charge in [-0.3, -0.25) is 4.79 Å². The van der Waals surface area contributed by atoms with Crippen molar-refractivity contribution in [2.75, 3.05) is 13.9 Å². The minimum atomic E-state index is -0.333. The van der Waals surface area contributed by atoms with Crippen molar-refractivity contribution in [3.8, 4) is 17.2 Å². The van der Waals surface area contributed by atoms with E-state index >= 15 is 0 Å². The van der Waals surface area contributed by atoms with Gasteiger partial charge in [-0.05, 0) is 35.9 Å². The van der Waals surface area contributed by atoms with Crippen LogP contribution in [0.4, 0.5) is 0 Å². The van der Waals surface area contributed by atoms with Crippen molar-refractivity contribution in [1.29, 1.82) is 0 Å². The number of methoxy groups -OCH3 is 1. The summed E-state index contributed by atoms with van der Waals surface area (Å²) in [4.78, 5) is 12.0. The second-order valence-electron chi connectivity index (χ2n) is 4.89. The first-order chi connectivity index (χ1) is 11.8. The molecule has 6 heteroatoms. The molecule has 0 fully saturated rings. The molecule has 0 saturated carbocycles. The average Bonchev–Trinajstić information content (AvgIpc) is 3.09. The van der Waals surface area contributed by atoms with Crippen LogP contribution in [0, 0.1) is 0 Å². The highest BCUT2D eigenvalue weighted by Crippen LogP contribution is 2.32. The molecular weight excluding hydrogens is 308 g/mol. The fourth-order valence-electron chi connectivity index (χ4n) is 2.20. The molecule has 24 heavy (non-hydrogen) atoms. The van der Waals surface area contributed by atoms with Crippen LogP contribution < -0.4 is 19.6 Å². The van der Waals surface area contributed by atoms with E-state index in [1.54, 1.807) is 30.3 Å². The predicted octanol–water partition coefficient (Wildman–Crippen LogP) is 2.85. The van der Waals surface area contributed by atoms with Crippen LogP contribution in [0.25, 0.3) is 6.08 Å². The number of nitrogens with one attached hydrogen (secondary N) is 1. The minimum Gasteiger partial charge on any atom is -0.496 e. The van der Waals surface area contributed by atoms with Gasteiger partial charge in [0, 0.05) is 6.21 Å². The predicted molar refractivity (Wildman–Crippen MR) is 90.6 cm³/mol. The van der Waals surface area contributed by atoms with E-state index in [0.29, 0.717) is 11.3 Å². The van der Waals surface area contributed by atoms with Gasteiger partial charge in [0.2, 0.25) is 6.79 Å². The molecule has 3 rings (SSSR count). The molecule has 0 atom stereocenters. The van der Waals surface area contributed by atoms with Gasteiger partial charge < -0.3 is 14.2 Å². The van der Waals surface area contributed by atoms with Crippen LogP contribution in [0.2, 0.25) is 0 Å². The zero-order valence-electron chi connectivity index (χ0n) is 13.1. The van der Waals surface area contributed by atoms with Gasteiger partial charge in [-0.1, -0.05) is 24.3 Å². The standard InChI is InChI=1S/C18H16N2O4/c1-22-15-7-3-2-6-14(15)18(21)20-19-10-4-5-13-8-9-16-17(11-13)24-12-23-16/h2-11H,12H2,1H3,(H,20,21)/b5-4+,19-10-. The molecule has 1 heterocycles. The summed E-state index contributed by atoms with van der Waals surface area (Å²) in [5.74, 6) is 1.63. The number of amides is 1. The number of fused-ring (bicyclic) bond motifs is 1. The van der Waals surface area contributed by atoms with Crippen molar-refractivity contribution < 1.29 is 19.0 Å². The summed E-state index contributed by atoms with van der Waals surface area (Å²) in [5, 5.41) is 3.89. The molecule has 0 radical (unpaired) electrons. The van der Waals surface area contributed by atoms with E-state index in [9.17, 15) is 4.79 Å². The van der Waals surface area contributed by atoms with Crippen molar-refractivity contribution in [1.82, 2.24) is 5.43 Å². The lowest BCUT2D eigenvalue weighted by atomic mass is 10.2. The Morgan fingerprint density at radius 3 is 2.92 bits per heavy atom. The normalized spacial score (nSPS) is 12.7. The van der Waals surface area contributed by atoms with Crippen LogP contribution in [0.5, 0.6) is 17.2 Å². The lowest BCUT2D eigenvalue weighted by Gasteiger charge is -2.05. The third-order valence-electron chi connectivity index (χ3n) is 3.36. The summed E-state index contributed by atoms with van der Waals surface area (Å²) in [6, 6.07) is 12.6. The Kier molecular flexibility index (Phi) is 4.76. The third kappa shape index (κ3) is 3.55. The first-order valence-corrected chi connectivity index (χ1v) is 7.30. The van der Waals surface area contributed by atoms with E-state index in [4.69, 9.17) is 14.2 Å². The molecule has 1 amide bonds. The van der Waals surface area contributed by atoms with E-state index in [-0.39, 0.29) is 12.7 Å². The number of benzene rings is 2. The van der Waals surface area contributed by atoms with E-state index < -0.39 is 0 Å². The van der Waals surface area contributed by atoms with Gasteiger partial charge in [0.05, 0.1) is 12.7 Å². The van der Waals surface area contributed by atoms with Crippen LogP contribution in [-0.4, -0.2) is 26.0 Å². The highest BCUT2D eigenvalue weighted by atomic mass is 16.7. The van der Waals surface area contributed by atoms with Crippen LogP contribution in [0.3, 0.4) is 0 Å². The first kappa shape index (κ1) is 15.6. The molecule has 122 valence electrons. The molecule has 0 spiro atoms. The van der Waals surface area contributed by atoms with Crippen molar-refractivity contribution >= 4 is 18.2 Å². The second kappa shape index (κ2) is 7.32. The SMILES string of the molecule is COc1ccccc1C(=O)N/N=C\C=C\c1ccc2c(c1)OCO2. The van der Waals surface area contributed by atoms with Crippen LogP contribution in [-0.2, 0) is 0 Å². The molecule has 6 nitrogen and oxygen atoms in total. The lowest BCUT2D eigenvalue weighted by molar-refractivity contribution is 0.0952. The van der Waals surface area contributed by atoms with Crippen molar-refractivity contribution in [2.24, 2.45) is 5.10 Å². The molecule has 0 unspecified atom stereocenters. The van der Waals surface area contributed by atoms with Gasteiger partial charge in [-0.15, -0.1) is 0 Å². The van der Waals surface area contributed by atoms with Crippen LogP contribution in [0.15, 0.2) is 53.6 Å². The Hall–Kier alpha value is -3.28. The van der Waals surface area contributed by atoms with Gasteiger partial charge in [-0.2, -0.15) is 5.10 Å². The zero-order chi connectivity index (χ0) is 16.8. The monoisotopic (exact) mass is 324 g/mol. The number of para-hydroxylation sites is 1. The number of rotatable bonds is 5. The largest absolute Gasteiger partial charge is 0.496 e. The molecule has 0 saturated heterocycles. The molecule has 1 N–H and O–H groups in total. The molecule has 1 aliphatic heterocycles. The van der Waals surface area contributed by atoms with E-state index in [1.165, 1.54) is 13.3 Å². The summed E-state index contributed by atoms with van der Waals surface area (Å²) in [6.07, 6.45) is 5.07. The maximum absolute atomic E-state index is 12.0. The number of hydrazone groups is 1. The molecule has 0 bridgehead atoms. The van der Waals surface area contributed by atoms with Gasteiger partial charge in [-0.25, -0.2) is 5.43 Å². The molecule has 1 aliphatic rings. The molecule has 0 aromatic heterocycles. The quantitative estimate of drug-likeness (QED) is 0.678. The number of hydrogen-bond acceptors (Lipinski definition) is 5. The number of nitrogens with zero attached hydrogens (tertiary/aromatic N) is 1. The van der Waals surface area contributed by atoms with E-state index in [2.05, 4.69) is 10.5 Å². The van der Waals surface area contributed by atoms with E-state index in [0.717, 1.165) is 17.1 Å². The summed E-state index contributed by atoms with van der Waals surface area (Å²) < 4.78 is 15.7. The maximum atomic E-state index is 12.0. The fraction of sp³-hybridized carbons (Fsp3) is 0.111. The van der Waals surface area contributed by atoms with Crippen molar-refractivity contribution in [3.05, 3.63) is 59.7 Å². The number of ether oxygens (including phenoxy) is 3.